The van der Waals surface area contributed by atoms with Crippen molar-refractivity contribution in [3.05, 3.63) is 84.1 Å². The maximum absolute atomic E-state index is 12.0. The molecule has 3 rings (SSSR count). The predicted octanol–water partition coefficient (Wildman–Crippen LogP) is 4.20. The van der Waals surface area contributed by atoms with E-state index in [4.69, 9.17) is 0 Å². The zero-order valence-corrected chi connectivity index (χ0v) is 14.0. The van der Waals surface area contributed by atoms with Crippen molar-refractivity contribution in [2.24, 2.45) is 0 Å². The van der Waals surface area contributed by atoms with Gasteiger partial charge in [0.2, 0.25) is 0 Å². The maximum Gasteiger partial charge on any atom is 0.163 e. The summed E-state index contributed by atoms with van der Waals surface area (Å²) >= 11 is 0. The van der Waals surface area contributed by atoms with E-state index in [1.165, 1.54) is 24.3 Å². The summed E-state index contributed by atoms with van der Waals surface area (Å²) in [6, 6.07) is 16.0. The van der Waals surface area contributed by atoms with E-state index in [0.29, 0.717) is 0 Å². The highest BCUT2D eigenvalue weighted by Crippen LogP contribution is 2.17. The van der Waals surface area contributed by atoms with Crippen molar-refractivity contribution >= 4 is 34.6 Å². The number of carbonyl (C=O) groups is 2. The molecule has 128 valence electrons. The molecule has 26 heavy (non-hydrogen) atoms. The van der Waals surface area contributed by atoms with E-state index in [9.17, 15) is 14.7 Å². The Morgan fingerprint density at radius 3 is 2.35 bits per heavy atom. The molecule has 1 N–H and O–H groups in total. The molecule has 0 aliphatic carbocycles. The van der Waals surface area contributed by atoms with Gasteiger partial charge >= 0.3 is 0 Å². The minimum atomic E-state index is -0.274. The zero-order chi connectivity index (χ0) is 18.4. The lowest BCUT2D eigenvalue weighted by atomic mass is 10.1. The highest BCUT2D eigenvalue weighted by molar-refractivity contribution is 6.11. The number of phenolic OH excluding ortho intramolecular Hbond substituents is 1. The molecule has 0 bridgehead atoms. The number of allylic oxidation sites excluding steroid dienone is 2. The molecule has 4 heteroatoms. The van der Waals surface area contributed by atoms with Crippen LogP contribution in [0.4, 0.5) is 0 Å². The summed E-state index contributed by atoms with van der Waals surface area (Å²) in [7, 11) is 0. The average Bonchev–Trinajstić information content (AvgIpc) is 2.66. The molecule has 0 spiro atoms. The number of fused-ring (bicyclic) bond motifs is 1. The van der Waals surface area contributed by atoms with Crippen molar-refractivity contribution in [2.75, 3.05) is 0 Å². The standard InChI is InChI=1S/C22H17NO3/c24-19-10-6-16(7-11-19)8-12-20(25)15-21(26)13-9-18-4-1-3-17-5-2-14-23-22(17)18/h1-14,24H,15H2. The third kappa shape index (κ3) is 4.51. The van der Waals surface area contributed by atoms with E-state index < -0.39 is 0 Å². The Labute approximate surface area is 151 Å². The van der Waals surface area contributed by atoms with Crippen LogP contribution in [-0.4, -0.2) is 21.7 Å². The fourth-order valence-corrected chi connectivity index (χ4v) is 2.51. The van der Waals surface area contributed by atoms with Gasteiger partial charge in [-0.05, 0) is 42.0 Å². The number of hydrogen-bond donors (Lipinski definition) is 1. The van der Waals surface area contributed by atoms with Crippen LogP contribution in [0.5, 0.6) is 5.75 Å². The SMILES string of the molecule is O=C(C=Cc1ccc(O)cc1)CC(=O)C=Cc1cccc2cccnc12. The Bertz CT molecular complexity index is 996. The summed E-state index contributed by atoms with van der Waals surface area (Å²) in [6.07, 6.45) is 7.61. The van der Waals surface area contributed by atoms with Crippen LogP contribution in [-0.2, 0) is 9.59 Å². The number of phenols is 1. The Morgan fingerprint density at radius 1 is 0.885 bits per heavy atom. The van der Waals surface area contributed by atoms with E-state index in [-0.39, 0.29) is 23.7 Å². The number of rotatable bonds is 6. The fraction of sp³-hybridized carbons (Fsp3) is 0.0455. The second-order valence-corrected chi connectivity index (χ2v) is 5.79. The molecule has 0 saturated carbocycles. The van der Waals surface area contributed by atoms with Gasteiger partial charge in [0.25, 0.3) is 0 Å². The summed E-state index contributed by atoms with van der Waals surface area (Å²) in [6.45, 7) is 0. The second kappa shape index (κ2) is 8.03. The minimum absolute atomic E-state index is 0.164. The normalized spacial score (nSPS) is 11.4. The Kier molecular flexibility index (Phi) is 5.34. The van der Waals surface area contributed by atoms with Crippen molar-refractivity contribution < 1.29 is 14.7 Å². The van der Waals surface area contributed by atoms with Crippen molar-refractivity contribution in [3.63, 3.8) is 0 Å². The number of carbonyl (C=O) groups excluding carboxylic acids is 2. The van der Waals surface area contributed by atoms with Gasteiger partial charge < -0.3 is 5.11 Å². The summed E-state index contributed by atoms with van der Waals surface area (Å²) < 4.78 is 0. The zero-order valence-electron chi connectivity index (χ0n) is 14.0. The third-order valence-electron chi connectivity index (χ3n) is 3.82. The van der Waals surface area contributed by atoms with Crippen molar-refractivity contribution in [1.82, 2.24) is 4.98 Å². The molecule has 1 aromatic heterocycles. The number of aromatic hydroxyl groups is 1. The van der Waals surface area contributed by atoms with Gasteiger partial charge in [0.1, 0.15) is 5.75 Å². The van der Waals surface area contributed by atoms with Crippen molar-refractivity contribution in [2.45, 2.75) is 6.42 Å². The molecule has 0 fully saturated rings. The van der Waals surface area contributed by atoms with E-state index in [1.54, 1.807) is 30.5 Å². The monoisotopic (exact) mass is 343 g/mol. The molecule has 0 amide bonds. The third-order valence-corrected chi connectivity index (χ3v) is 3.82. The first kappa shape index (κ1) is 17.3. The molecule has 2 aromatic carbocycles. The minimum Gasteiger partial charge on any atom is -0.508 e. The molecular formula is C22H17NO3. The number of hydrogen-bond acceptors (Lipinski definition) is 4. The number of benzene rings is 2. The molecule has 0 unspecified atom stereocenters. The van der Waals surface area contributed by atoms with Crippen LogP contribution in [0.2, 0.25) is 0 Å². The summed E-state index contributed by atoms with van der Waals surface area (Å²) in [5, 5.41) is 10.2. The number of pyridine rings is 1. The quantitative estimate of drug-likeness (QED) is 0.538. The fourth-order valence-electron chi connectivity index (χ4n) is 2.51. The first-order valence-electron chi connectivity index (χ1n) is 8.16. The summed E-state index contributed by atoms with van der Waals surface area (Å²) in [5.74, 6) is -0.376. The number of nitrogens with zero attached hydrogens (tertiary/aromatic N) is 1. The molecule has 4 nitrogen and oxygen atoms in total. The van der Waals surface area contributed by atoms with Gasteiger partial charge in [0, 0.05) is 17.1 Å². The maximum atomic E-state index is 12.0. The van der Waals surface area contributed by atoms with E-state index in [1.807, 2.05) is 30.3 Å². The van der Waals surface area contributed by atoms with Crippen LogP contribution in [0, 0.1) is 0 Å². The van der Waals surface area contributed by atoms with Gasteiger partial charge in [-0.3, -0.25) is 14.6 Å². The average molecular weight is 343 g/mol. The molecule has 0 saturated heterocycles. The summed E-state index contributed by atoms with van der Waals surface area (Å²) in [4.78, 5) is 28.3. The molecule has 1 heterocycles. The van der Waals surface area contributed by atoms with Gasteiger partial charge in [-0.25, -0.2) is 0 Å². The van der Waals surface area contributed by atoms with Crippen LogP contribution in [0.15, 0.2) is 72.9 Å². The van der Waals surface area contributed by atoms with E-state index in [0.717, 1.165) is 22.0 Å². The van der Waals surface area contributed by atoms with Gasteiger partial charge in [-0.2, -0.15) is 0 Å². The highest BCUT2D eigenvalue weighted by atomic mass is 16.3. The smallest absolute Gasteiger partial charge is 0.163 e. The largest absolute Gasteiger partial charge is 0.508 e. The van der Waals surface area contributed by atoms with Crippen molar-refractivity contribution in [1.29, 1.82) is 0 Å². The van der Waals surface area contributed by atoms with Crippen LogP contribution >= 0.6 is 0 Å². The molecular weight excluding hydrogens is 326 g/mol. The lowest BCUT2D eigenvalue weighted by Gasteiger charge is -2.00. The Balaban J connectivity index is 1.63. The van der Waals surface area contributed by atoms with Crippen LogP contribution in [0.1, 0.15) is 17.5 Å². The number of aromatic nitrogens is 1. The molecule has 0 atom stereocenters. The predicted molar refractivity (Wildman–Crippen MR) is 103 cm³/mol. The lowest BCUT2D eigenvalue weighted by Crippen LogP contribution is -2.01. The molecule has 0 aliphatic rings. The van der Waals surface area contributed by atoms with Gasteiger partial charge in [-0.15, -0.1) is 0 Å². The first-order chi connectivity index (χ1) is 12.6. The topological polar surface area (TPSA) is 67.3 Å². The molecule has 0 radical (unpaired) electrons. The molecule has 3 aromatic rings. The lowest BCUT2D eigenvalue weighted by molar-refractivity contribution is -0.121. The van der Waals surface area contributed by atoms with Crippen molar-refractivity contribution in [3.8, 4) is 5.75 Å². The van der Waals surface area contributed by atoms with Gasteiger partial charge in [0.05, 0.1) is 11.9 Å². The van der Waals surface area contributed by atoms with Crippen LogP contribution in [0.3, 0.4) is 0 Å². The first-order valence-corrected chi connectivity index (χ1v) is 8.16. The molecule has 0 aliphatic heterocycles. The Hall–Kier alpha value is -3.53. The van der Waals surface area contributed by atoms with Crippen LogP contribution in [0.25, 0.3) is 23.1 Å². The second-order valence-electron chi connectivity index (χ2n) is 5.79. The van der Waals surface area contributed by atoms with Gasteiger partial charge in [0.15, 0.2) is 11.6 Å². The van der Waals surface area contributed by atoms with Crippen LogP contribution < -0.4 is 0 Å². The summed E-state index contributed by atoms with van der Waals surface area (Å²) in [5.41, 5.74) is 2.43. The highest BCUT2D eigenvalue weighted by Gasteiger charge is 2.04. The number of ketones is 2. The Morgan fingerprint density at radius 2 is 1.58 bits per heavy atom. The van der Waals surface area contributed by atoms with E-state index >= 15 is 0 Å². The number of para-hydroxylation sites is 1. The van der Waals surface area contributed by atoms with E-state index in [2.05, 4.69) is 4.98 Å². The van der Waals surface area contributed by atoms with Gasteiger partial charge in [-0.1, -0.05) is 42.5 Å².